The van der Waals surface area contributed by atoms with E-state index in [0.29, 0.717) is 12.3 Å². The second-order valence-corrected chi connectivity index (χ2v) is 5.23. The molecule has 0 N–H and O–H groups in total. The summed E-state index contributed by atoms with van der Waals surface area (Å²) in [7, 11) is 0. The molecule has 0 aliphatic carbocycles. The van der Waals surface area contributed by atoms with Crippen molar-refractivity contribution in [3.8, 4) is 11.5 Å². The van der Waals surface area contributed by atoms with E-state index in [4.69, 9.17) is 4.74 Å². The van der Waals surface area contributed by atoms with Crippen LogP contribution in [0.15, 0.2) is 29.0 Å². The Hall–Kier alpha value is -1.41. The van der Waals surface area contributed by atoms with Gasteiger partial charge in [0, 0.05) is 23.5 Å². The maximum atomic E-state index is 12.8. The average Bonchev–Trinajstić information content (AvgIpc) is 2.84. The Morgan fingerprint density at radius 3 is 2.67 bits per heavy atom. The van der Waals surface area contributed by atoms with Crippen LogP contribution in [0, 0.1) is 0 Å². The fourth-order valence-electron chi connectivity index (χ4n) is 1.67. The number of hydrogen-bond acceptors (Lipinski definition) is 3. The van der Waals surface area contributed by atoms with Gasteiger partial charge in [-0.15, -0.1) is 0 Å². The highest BCUT2D eigenvalue weighted by Gasteiger charge is 2.35. The van der Waals surface area contributed by atoms with Crippen molar-refractivity contribution < 1.29 is 17.9 Å². The summed E-state index contributed by atoms with van der Waals surface area (Å²) in [5, 5.41) is 0. The van der Waals surface area contributed by atoms with Crippen molar-refractivity contribution in [1.82, 2.24) is 14.5 Å². The monoisotopic (exact) mass is 363 g/mol. The SMILES string of the molecule is CCCOCn1cc(C(F)(F)F)nc1-c1ccc(Br)cn1. The lowest BCUT2D eigenvalue weighted by Gasteiger charge is -2.07. The zero-order valence-corrected chi connectivity index (χ0v) is 12.8. The first-order valence-corrected chi connectivity index (χ1v) is 7.05. The second kappa shape index (κ2) is 6.57. The molecule has 0 unspecified atom stereocenters. The van der Waals surface area contributed by atoms with Crippen molar-refractivity contribution in [2.75, 3.05) is 6.61 Å². The first-order chi connectivity index (χ1) is 9.91. The number of ether oxygens (including phenoxy) is 1. The summed E-state index contributed by atoms with van der Waals surface area (Å²) >= 11 is 3.23. The Balaban J connectivity index is 2.36. The third-order valence-corrected chi connectivity index (χ3v) is 3.07. The molecule has 2 aromatic rings. The maximum absolute atomic E-state index is 12.8. The van der Waals surface area contributed by atoms with Crippen molar-refractivity contribution in [2.24, 2.45) is 0 Å². The van der Waals surface area contributed by atoms with Gasteiger partial charge in [0.1, 0.15) is 12.4 Å². The molecule has 2 heterocycles. The topological polar surface area (TPSA) is 39.9 Å². The lowest BCUT2D eigenvalue weighted by atomic mass is 10.3. The molecule has 0 aliphatic rings. The summed E-state index contributed by atoms with van der Waals surface area (Å²) in [4.78, 5) is 7.72. The summed E-state index contributed by atoms with van der Waals surface area (Å²) in [5.74, 6) is 0.130. The molecule has 0 saturated carbocycles. The van der Waals surface area contributed by atoms with Crippen molar-refractivity contribution in [1.29, 1.82) is 0 Å². The third kappa shape index (κ3) is 4.04. The molecule has 0 aliphatic heterocycles. The smallest absolute Gasteiger partial charge is 0.361 e. The number of nitrogens with zero attached hydrogens (tertiary/aromatic N) is 3. The predicted octanol–water partition coefficient (Wildman–Crippen LogP) is 4.11. The van der Waals surface area contributed by atoms with E-state index in [-0.39, 0.29) is 12.6 Å². The molecule has 4 nitrogen and oxygen atoms in total. The van der Waals surface area contributed by atoms with Crippen LogP contribution in [0.25, 0.3) is 11.5 Å². The van der Waals surface area contributed by atoms with Crippen LogP contribution < -0.4 is 0 Å². The van der Waals surface area contributed by atoms with Crippen molar-refractivity contribution in [3.63, 3.8) is 0 Å². The predicted molar refractivity (Wildman–Crippen MR) is 74.4 cm³/mol. The van der Waals surface area contributed by atoms with E-state index in [1.807, 2.05) is 6.92 Å². The molecule has 0 spiro atoms. The van der Waals surface area contributed by atoms with Crippen LogP contribution >= 0.6 is 15.9 Å². The highest BCUT2D eigenvalue weighted by molar-refractivity contribution is 9.10. The Morgan fingerprint density at radius 1 is 1.33 bits per heavy atom. The van der Waals surface area contributed by atoms with Crippen molar-refractivity contribution in [2.45, 2.75) is 26.3 Å². The van der Waals surface area contributed by atoms with Gasteiger partial charge < -0.3 is 9.30 Å². The van der Waals surface area contributed by atoms with Crippen LogP contribution in [0.5, 0.6) is 0 Å². The number of imidazole rings is 1. The van der Waals surface area contributed by atoms with Gasteiger partial charge in [0.25, 0.3) is 0 Å². The summed E-state index contributed by atoms with van der Waals surface area (Å²) in [5.41, 5.74) is -0.601. The molecule has 8 heteroatoms. The number of aromatic nitrogens is 3. The van der Waals surface area contributed by atoms with Crippen molar-refractivity contribution in [3.05, 3.63) is 34.7 Å². The zero-order chi connectivity index (χ0) is 15.5. The van der Waals surface area contributed by atoms with Crippen LogP contribution in [-0.2, 0) is 17.6 Å². The van der Waals surface area contributed by atoms with Gasteiger partial charge in [-0.2, -0.15) is 13.2 Å². The first kappa shape index (κ1) is 16.0. The van der Waals surface area contributed by atoms with Crippen LogP contribution in [0.1, 0.15) is 19.0 Å². The van der Waals surface area contributed by atoms with Crippen LogP contribution in [0.4, 0.5) is 13.2 Å². The standard InChI is InChI=1S/C13H13BrF3N3O/c1-2-5-21-8-20-7-11(13(15,16)17)19-12(20)10-4-3-9(14)6-18-10/h3-4,6-7H,2,5,8H2,1H3. The average molecular weight is 364 g/mol. The molecule has 2 aromatic heterocycles. The molecule has 21 heavy (non-hydrogen) atoms. The molecule has 0 saturated heterocycles. The summed E-state index contributed by atoms with van der Waals surface area (Å²) in [6, 6.07) is 3.30. The van der Waals surface area contributed by atoms with E-state index in [0.717, 1.165) is 17.1 Å². The largest absolute Gasteiger partial charge is 0.434 e. The van der Waals surface area contributed by atoms with E-state index >= 15 is 0 Å². The summed E-state index contributed by atoms with van der Waals surface area (Å²) < 4.78 is 45.8. The Bertz CT molecular complexity index is 596. The van der Waals surface area contributed by atoms with Gasteiger partial charge in [-0.1, -0.05) is 6.92 Å². The number of hydrogen-bond donors (Lipinski definition) is 0. The van der Waals surface area contributed by atoms with E-state index in [9.17, 15) is 13.2 Å². The van der Waals surface area contributed by atoms with Gasteiger partial charge in [0.2, 0.25) is 0 Å². The zero-order valence-electron chi connectivity index (χ0n) is 11.2. The molecule has 0 radical (unpaired) electrons. The molecular weight excluding hydrogens is 351 g/mol. The number of halogens is 4. The minimum atomic E-state index is -4.50. The highest BCUT2D eigenvalue weighted by atomic mass is 79.9. The number of pyridine rings is 1. The molecule has 0 atom stereocenters. The number of alkyl halides is 3. The highest BCUT2D eigenvalue weighted by Crippen LogP contribution is 2.30. The lowest BCUT2D eigenvalue weighted by Crippen LogP contribution is -2.06. The molecule has 0 amide bonds. The third-order valence-electron chi connectivity index (χ3n) is 2.60. The Kier molecular flexibility index (Phi) is 5.00. The second-order valence-electron chi connectivity index (χ2n) is 4.32. The van der Waals surface area contributed by atoms with Gasteiger partial charge >= 0.3 is 6.18 Å². The molecule has 114 valence electrons. The Labute approximate surface area is 128 Å². The molecule has 0 bridgehead atoms. The van der Waals surface area contributed by atoms with Gasteiger partial charge in [-0.05, 0) is 34.5 Å². The van der Waals surface area contributed by atoms with Gasteiger partial charge in [0.15, 0.2) is 11.5 Å². The minimum absolute atomic E-state index is 0.00397. The number of rotatable bonds is 5. The quantitative estimate of drug-likeness (QED) is 0.750. The van der Waals surface area contributed by atoms with Crippen LogP contribution in [0.3, 0.4) is 0 Å². The molecule has 2 rings (SSSR count). The fourth-order valence-corrected chi connectivity index (χ4v) is 1.91. The Morgan fingerprint density at radius 2 is 2.10 bits per heavy atom. The minimum Gasteiger partial charge on any atom is -0.361 e. The van der Waals surface area contributed by atoms with E-state index in [1.54, 1.807) is 12.1 Å². The van der Waals surface area contributed by atoms with Crippen molar-refractivity contribution >= 4 is 15.9 Å². The van der Waals surface area contributed by atoms with E-state index < -0.39 is 11.9 Å². The van der Waals surface area contributed by atoms with Gasteiger partial charge in [-0.25, -0.2) is 4.98 Å². The van der Waals surface area contributed by atoms with E-state index in [2.05, 4.69) is 25.9 Å². The molecule has 0 aromatic carbocycles. The summed E-state index contributed by atoms with van der Waals surface area (Å²) in [6.07, 6.45) is -1.27. The lowest BCUT2D eigenvalue weighted by molar-refractivity contribution is -0.141. The maximum Gasteiger partial charge on any atom is 0.434 e. The first-order valence-electron chi connectivity index (χ1n) is 6.26. The fraction of sp³-hybridized carbons (Fsp3) is 0.385. The molecule has 0 fully saturated rings. The van der Waals surface area contributed by atoms with Gasteiger partial charge in [0.05, 0.1) is 0 Å². The molecular formula is C13H13BrF3N3O. The van der Waals surface area contributed by atoms with E-state index in [1.165, 1.54) is 10.8 Å². The summed E-state index contributed by atoms with van der Waals surface area (Å²) in [6.45, 7) is 2.39. The normalized spacial score (nSPS) is 11.9. The van der Waals surface area contributed by atoms with Gasteiger partial charge in [-0.3, -0.25) is 4.98 Å². The van der Waals surface area contributed by atoms with Crippen LogP contribution in [-0.4, -0.2) is 21.1 Å². The van der Waals surface area contributed by atoms with Crippen LogP contribution in [0.2, 0.25) is 0 Å².